The van der Waals surface area contributed by atoms with Crippen LogP contribution in [0, 0.1) is 13.8 Å². The Hall–Kier alpha value is -2.70. The molecule has 0 bridgehead atoms. The number of anilines is 2. The van der Waals surface area contributed by atoms with Gasteiger partial charge < -0.3 is 14.7 Å². The molecular formula is C20H26N6O. The van der Waals surface area contributed by atoms with Crippen LogP contribution in [0.25, 0.3) is 0 Å². The molecule has 2 aliphatic heterocycles. The lowest BCUT2D eigenvalue weighted by Gasteiger charge is -2.37. The molecule has 0 atom stereocenters. The molecule has 0 radical (unpaired) electrons. The summed E-state index contributed by atoms with van der Waals surface area (Å²) in [5, 5.41) is 0. The summed E-state index contributed by atoms with van der Waals surface area (Å²) in [6, 6.07) is 3.76. The molecule has 0 N–H and O–H groups in total. The summed E-state index contributed by atoms with van der Waals surface area (Å²) in [4.78, 5) is 33.0. The third-order valence-electron chi connectivity index (χ3n) is 5.34. The SMILES string of the molecule is Cc1cnc(C)c(N2CCN(c3ncccc3C(=O)N3CCCC3)CC2)n1. The molecule has 0 saturated carbocycles. The number of likely N-dealkylation sites (tertiary alicyclic amines) is 1. The number of hydrogen-bond acceptors (Lipinski definition) is 6. The van der Waals surface area contributed by atoms with Gasteiger partial charge in [-0.3, -0.25) is 9.78 Å². The second kappa shape index (κ2) is 7.50. The van der Waals surface area contributed by atoms with Gasteiger partial charge in [-0.1, -0.05) is 0 Å². The maximum absolute atomic E-state index is 12.9. The number of piperazine rings is 1. The van der Waals surface area contributed by atoms with Crippen molar-refractivity contribution in [3.05, 3.63) is 41.5 Å². The molecule has 7 nitrogen and oxygen atoms in total. The number of pyridine rings is 1. The number of aromatic nitrogens is 3. The molecule has 2 fully saturated rings. The van der Waals surface area contributed by atoms with E-state index in [1.165, 1.54) is 0 Å². The molecule has 27 heavy (non-hydrogen) atoms. The van der Waals surface area contributed by atoms with Crippen LogP contribution >= 0.6 is 0 Å². The normalized spacial score (nSPS) is 17.5. The summed E-state index contributed by atoms with van der Waals surface area (Å²) in [6.45, 7) is 8.98. The van der Waals surface area contributed by atoms with Crippen molar-refractivity contribution in [2.45, 2.75) is 26.7 Å². The zero-order chi connectivity index (χ0) is 18.8. The Kier molecular flexibility index (Phi) is 4.92. The minimum Gasteiger partial charge on any atom is -0.352 e. The van der Waals surface area contributed by atoms with Crippen molar-refractivity contribution in [2.24, 2.45) is 0 Å². The molecule has 2 saturated heterocycles. The van der Waals surface area contributed by atoms with Gasteiger partial charge in [-0.15, -0.1) is 0 Å². The summed E-state index contributed by atoms with van der Waals surface area (Å²) in [6.07, 6.45) is 5.77. The van der Waals surface area contributed by atoms with E-state index >= 15 is 0 Å². The largest absolute Gasteiger partial charge is 0.352 e. The summed E-state index contributed by atoms with van der Waals surface area (Å²) >= 11 is 0. The molecule has 2 aromatic heterocycles. The van der Waals surface area contributed by atoms with Crippen LogP contribution < -0.4 is 9.80 Å². The minimum atomic E-state index is 0.110. The third-order valence-corrected chi connectivity index (χ3v) is 5.34. The van der Waals surface area contributed by atoms with Crippen molar-refractivity contribution in [3.63, 3.8) is 0 Å². The van der Waals surface area contributed by atoms with E-state index in [1.807, 2.05) is 30.9 Å². The maximum atomic E-state index is 12.9. The highest BCUT2D eigenvalue weighted by atomic mass is 16.2. The van der Waals surface area contributed by atoms with Gasteiger partial charge in [-0.05, 0) is 38.8 Å². The first-order valence-electron chi connectivity index (χ1n) is 9.68. The minimum absolute atomic E-state index is 0.110. The average Bonchev–Trinajstić information content (AvgIpc) is 3.24. The van der Waals surface area contributed by atoms with Crippen LogP contribution in [0.4, 0.5) is 11.6 Å². The van der Waals surface area contributed by atoms with Gasteiger partial charge in [0.15, 0.2) is 0 Å². The van der Waals surface area contributed by atoms with Crippen molar-refractivity contribution in [3.8, 4) is 0 Å². The van der Waals surface area contributed by atoms with Gasteiger partial charge in [0, 0.05) is 51.7 Å². The van der Waals surface area contributed by atoms with Crippen molar-refractivity contribution < 1.29 is 4.79 Å². The van der Waals surface area contributed by atoms with E-state index in [2.05, 4.69) is 24.8 Å². The lowest BCUT2D eigenvalue weighted by molar-refractivity contribution is 0.0793. The monoisotopic (exact) mass is 366 g/mol. The maximum Gasteiger partial charge on any atom is 0.257 e. The highest BCUT2D eigenvalue weighted by Crippen LogP contribution is 2.24. The van der Waals surface area contributed by atoms with Crippen LogP contribution in [0.5, 0.6) is 0 Å². The lowest BCUT2D eigenvalue weighted by Crippen LogP contribution is -2.48. The molecule has 0 spiro atoms. The molecule has 2 aliphatic rings. The van der Waals surface area contributed by atoms with E-state index in [4.69, 9.17) is 0 Å². The number of hydrogen-bond donors (Lipinski definition) is 0. The predicted molar refractivity (Wildman–Crippen MR) is 105 cm³/mol. The number of nitrogens with zero attached hydrogens (tertiary/aromatic N) is 6. The van der Waals surface area contributed by atoms with Crippen LogP contribution in [0.3, 0.4) is 0 Å². The van der Waals surface area contributed by atoms with E-state index in [1.54, 1.807) is 12.4 Å². The highest BCUT2D eigenvalue weighted by molar-refractivity contribution is 5.99. The fourth-order valence-corrected chi connectivity index (χ4v) is 3.86. The standard InChI is InChI=1S/C20H26N6O/c1-15-14-22-16(2)18(23-15)24-10-12-25(13-11-24)19-17(6-5-7-21-19)20(27)26-8-3-4-9-26/h5-7,14H,3-4,8-13H2,1-2H3. The van der Waals surface area contributed by atoms with Gasteiger partial charge in [0.2, 0.25) is 0 Å². The van der Waals surface area contributed by atoms with E-state index in [-0.39, 0.29) is 5.91 Å². The molecule has 0 aliphatic carbocycles. The van der Waals surface area contributed by atoms with Crippen molar-refractivity contribution in [2.75, 3.05) is 49.1 Å². The highest BCUT2D eigenvalue weighted by Gasteiger charge is 2.27. The summed E-state index contributed by atoms with van der Waals surface area (Å²) in [7, 11) is 0. The lowest BCUT2D eigenvalue weighted by atomic mass is 10.2. The van der Waals surface area contributed by atoms with Gasteiger partial charge in [-0.2, -0.15) is 0 Å². The fourth-order valence-electron chi connectivity index (χ4n) is 3.86. The Bertz CT molecular complexity index is 825. The van der Waals surface area contributed by atoms with Crippen LogP contribution in [-0.2, 0) is 0 Å². The second-order valence-electron chi connectivity index (χ2n) is 7.27. The summed E-state index contributed by atoms with van der Waals surface area (Å²) < 4.78 is 0. The first kappa shape index (κ1) is 17.7. The van der Waals surface area contributed by atoms with E-state index in [0.717, 1.165) is 80.7 Å². The average molecular weight is 366 g/mol. The molecule has 4 heterocycles. The fraction of sp³-hybridized carbons (Fsp3) is 0.500. The number of rotatable bonds is 3. The second-order valence-corrected chi connectivity index (χ2v) is 7.27. The molecule has 142 valence electrons. The van der Waals surface area contributed by atoms with Gasteiger partial charge in [0.05, 0.1) is 17.0 Å². The molecular weight excluding hydrogens is 340 g/mol. The molecule has 4 rings (SSSR count). The summed E-state index contributed by atoms with van der Waals surface area (Å²) in [5.74, 6) is 1.88. The molecule has 7 heteroatoms. The predicted octanol–water partition coefficient (Wildman–Crippen LogP) is 2.05. The Morgan fingerprint density at radius 3 is 2.30 bits per heavy atom. The van der Waals surface area contributed by atoms with Crippen LogP contribution in [-0.4, -0.2) is 65.0 Å². The van der Waals surface area contributed by atoms with Crippen LogP contribution in [0.15, 0.2) is 24.5 Å². The van der Waals surface area contributed by atoms with Gasteiger partial charge in [0.25, 0.3) is 5.91 Å². The van der Waals surface area contributed by atoms with Crippen LogP contribution in [0.1, 0.15) is 34.6 Å². The quantitative estimate of drug-likeness (QED) is 0.828. The number of carbonyl (C=O) groups excluding carboxylic acids is 1. The molecule has 2 aromatic rings. The number of aryl methyl sites for hydroxylation is 2. The van der Waals surface area contributed by atoms with E-state index in [9.17, 15) is 4.79 Å². The topological polar surface area (TPSA) is 65.5 Å². The van der Waals surface area contributed by atoms with Crippen molar-refractivity contribution in [1.29, 1.82) is 0 Å². The Labute approximate surface area is 160 Å². The third kappa shape index (κ3) is 3.59. The molecule has 1 amide bonds. The van der Waals surface area contributed by atoms with Crippen molar-refractivity contribution in [1.82, 2.24) is 19.9 Å². The van der Waals surface area contributed by atoms with Gasteiger partial charge >= 0.3 is 0 Å². The van der Waals surface area contributed by atoms with Crippen LogP contribution in [0.2, 0.25) is 0 Å². The smallest absolute Gasteiger partial charge is 0.257 e. The zero-order valence-corrected chi connectivity index (χ0v) is 16.1. The number of carbonyl (C=O) groups is 1. The first-order chi connectivity index (χ1) is 13.1. The Balaban J connectivity index is 1.50. The summed E-state index contributed by atoms with van der Waals surface area (Å²) in [5.41, 5.74) is 2.61. The van der Waals surface area contributed by atoms with Gasteiger partial charge in [0.1, 0.15) is 11.6 Å². The Morgan fingerprint density at radius 1 is 0.926 bits per heavy atom. The molecule has 0 aromatic carbocycles. The number of amides is 1. The molecule has 0 unspecified atom stereocenters. The van der Waals surface area contributed by atoms with Crippen molar-refractivity contribution >= 4 is 17.5 Å². The van der Waals surface area contributed by atoms with Gasteiger partial charge in [-0.25, -0.2) is 9.97 Å². The van der Waals surface area contributed by atoms with E-state index in [0.29, 0.717) is 0 Å². The van der Waals surface area contributed by atoms with E-state index < -0.39 is 0 Å². The Morgan fingerprint density at radius 2 is 1.59 bits per heavy atom. The first-order valence-corrected chi connectivity index (χ1v) is 9.68. The zero-order valence-electron chi connectivity index (χ0n) is 16.1.